The van der Waals surface area contributed by atoms with E-state index in [9.17, 15) is 0 Å². The summed E-state index contributed by atoms with van der Waals surface area (Å²) in [4.78, 5) is 0. The Balaban J connectivity index is 2.41. The third-order valence-electron chi connectivity index (χ3n) is 2.25. The van der Waals surface area contributed by atoms with E-state index < -0.39 is 0 Å². The van der Waals surface area contributed by atoms with Crippen LogP contribution in [0.4, 0.5) is 0 Å². The maximum Gasteiger partial charge on any atom is 0.175 e. The van der Waals surface area contributed by atoms with E-state index in [1.807, 2.05) is 0 Å². The van der Waals surface area contributed by atoms with E-state index in [0.29, 0.717) is 21.5 Å². The van der Waals surface area contributed by atoms with Crippen LogP contribution >= 0.6 is 15.9 Å². The Hall–Kier alpha value is -2.02. The maximum absolute atomic E-state index is 8.78. The standard InChI is InChI=1S/C11H11BrN4O2/c1-16-6-7(5-14-16)18-9-4-2-3-8(12)10(9)11(13)15-17/h2-6,17H,1H3,(H2,13,15). The van der Waals surface area contributed by atoms with Crippen molar-refractivity contribution in [2.75, 3.05) is 0 Å². The van der Waals surface area contributed by atoms with Gasteiger partial charge in [0.15, 0.2) is 11.6 Å². The van der Waals surface area contributed by atoms with Gasteiger partial charge in [-0.1, -0.05) is 11.2 Å². The summed E-state index contributed by atoms with van der Waals surface area (Å²) >= 11 is 3.33. The van der Waals surface area contributed by atoms with Gasteiger partial charge in [-0.2, -0.15) is 5.10 Å². The maximum atomic E-state index is 8.78. The molecule has 0 aliphatic heterocycles. The highest BCUT2D eigenvalue weighted by Gasteiger charge is 2.13. The van der Waals surface area contributed by atoms with Gasteiger partial charge < -0.3 is 15.7 Å². The van der Waals surface area contributed by atoms with E-state index in [1.165, 1.54) is 0 Å². The molecular weight excluding hydrogens is 300 g/mol. The SMILES string of the molecule is Cn1cc(Oc2cccc(Br)c2/C(N)=N/O)cn1. The van der Waals surface area contributed by atoms with E-state index in [1.54, 1.807) is 42.3 Å². The molecule has 0 radical (unpaired) electrons. The average Bonchev–Trinajstić information content (AvgIpc) is 2.74. The lowest BCUT2D eigenvalue weighted by Gasteiger charge is -2.10. The summed E-state index contributed by atoms with van der Waals surface area (Å²) in [7, 11) is 1.79. The van der Waals surface area contributed by atoms with Crippen LogP contribution < -0.4 is 10.5 Å². The Labute approximate surface area is 112 Å². The summed E-state index contributed by atoms with van der Waals surface area (Å²) < 4.78 is 7.95. The van der Waals surface area contributed by atoms with Gasteiger partial charge in [-0.25, -0.2) is 0 Å². The fraction of sp³-hybridized carbons (Fsp3) is 0.0909. The molecule has 0 aliphatic rings. The normalized spacial score (nSPS) is 11.6. The van der Waals surface area contributed by atoms with Gasteiger partial charge in [-0.05, 0) is 28.1 Å². The molecule has 0 saturated carbocycles. The zero-order valence-electron chi connectivity index (χ0n) is 9.54. The van der Waals surface area contributed by atoms with Gasteiger partial charge in [0.25, 0.3) is 0 Å². The summed E-state index contributed by atoms with van der Waals surface area (Å²) in [6, 6.07) is 5.30. The largest absolute Gasteiger partial charge is 0.453 e. The first kappa shape index (κ1) is 12.4. The van der Waals surface area contributed by atoms with Crippen molar-refractivity contribution in [2.24, 2.45) is 17.9 Å². The minimum Gasteiger partial charge on any atom is -0.453 e. The number of nitrogens with zero attached hydrogens (tertiary/aromatic N) is 3. The van der Waals surface area contributed by atoms with Crippen LogP contribution in [0.2, 0.25) is 0 Å². The molecule has 94 valence electrons. The Morgan fingerprint density at radius 1 is 1.56 bits per heavy atom. The molecule has 0 saturated heterocycles. The molecule has 0 amide bonds. The molecule has 1 heterocycles. The van der Waals surface area contributed by atoms with Gasteiger partial charge in [0.1, 0.15) is 5.75 Å². The molecule has 0 spiro atoms. The molecule has 1 aromatic heterocycles. The molecule has 0 bridgehead atoms. The van der Waals surface area contributed by atoms with Crippen LogP contribution in [-0.4, -0.2) is 20.8 Å². The van der Waals surface area contributed by atoms with Crippen molar-refractivity contribution in [1.82, 2.24) is 9.78 Å². The minimum absolute atomic E-state index is 0.0265. The van der Waals surface area contributed by atoms with Crippen molar-refractivity contribution in [3.8, 4) is 11.5 Å². The second-order valence-electron chi connectivity index (χ2n) is 3.55. The molecule has 3 N–H and O–H groups in total. The van der Waals surface area contributed by atoms with Gasteiger partial charge >= 0.3 is 0 Å². The van der Waals surface area contributed by atoms with E-state index >= 15 is 0 Å². The molecule has 6 nitrogen and oxygen atoms in total. The third kappa shape index (κ3) is 2.45. The van der Waals surface area contributed by atoms with Crippen molar-refractivity contribution >= 4 is 21.8 Å². The minimum atomic E-state index is -0.0265. The average molecular weight is 311 g/mol. The van der Waals surface area contributed by atoms with Crippen LogP contribution in [0.5, 0.6) is 11.5 Å². The van der Waals surface area contributed by atoms with Crippen molar-refractivity contribution in [3.05, 3.63) is 40.6 Å². The van der Waals surface area contributed by atoms with E-state index in [4.69, 9.17) is 15.7 Å². The predicted molar refractivity (Wildman–Crippen MR) is 69.9 cm³/mol. The molecule has 2 aromatic rings. The quantitative estimate of drug-likeness (QED) is 0.393. The van der Waals surface area contributed by atoms with Gasteiger partial charge in [-0.15, -0.1) is 0 Å². The zero-order chi connectivity index (χ0) is 13.1. The number of ether oxygens (including phenoxy) is 1. The number of hydrogen-bond acceptors (Lipinski definition) is 4. The van der Waals surface area contributed by atoms with Crippen molar-refractivity contribution < 1.29 is 9.94 Å². The Morgan fingerprint density at radius 3 is 2.94 bits per heavy atom. The third-order valence-corrected chi connectivity index (χ3v) is 2.91. The van der Waals surface area contributed by atoms with Crippen LogP contribution in [0.15, 0.2) is 40.2 Å². The van der Waals surface area contributed by atoms with Crippen LogP contribution in [-0.2, 0) is 7.05 Å². The van der Waals surface area contributed by atoms with Crippen molar-refractivity contribution in [2.45, 2.75) is 0 Å². The molecular formula is C11H11BrN4O2. The fourth-order valence-corrected chi connectivity index (χ4v) is 2.02. The highest BCUT2D eigenvalue weighted by Crippen LogP contribution is 2.30. The fourth-order valence-electron chi connectivity index (χ4n) is 1.47. The number of halogens is 1. The topological polar surface area (TPSA) is 85.7 Å². The van der Waals surface area contributed by atoms with Gasteiger partial charge in [0.2, 0.25) is 0 Å². The molecule has 0 atom stereocenters. The van der Waals surface area contributed by atoms with Crippen LogP contribution in [0.25, 0.3) is 0 Å². The van der Waals surface area contributed by atoms with E-state index in [2.05, 4.69) is 26.2 Å². The lowest BCUT2D eigenvalue weighted by molar-refractivity contribution is 0.318. The summed E-state index contributed by atoms with van der Waals surface area (Å²) in [5, 5.41) is 15.8. The number of benzene rings is 1. The first-order chi connectivity index (χ1) is 8.61. The zero-order valence-corrected chi connectivity index (χ0v) is 11.1. The molecule has 1 aromatic carbocycles. The smallest absolute Gasteiger partial charge is 0.175 e. The predicted octanol–water partition coefficient (Wildman–Crippen LogP) is 2.07. The number of aryl methyl sites for hydroxylation is 1. The summed E-state index contributed by atoms with van der Waals surface area (Å²) in [5.74, 6) is 1.02. The monoisotopic (exact) mass is 310 g/mol. The summed E-state index contributed by atoms with van der Waals surface area (Å²) in [6.45, 7) is 0. The highest BCUT2D eigenvalue weighted by molar-refractivity contribution is 9.10. The van der Waals surface area contributed by atoms with Gasteiger partial charge in [-0.3, -0.25) is 4.68 Å². The lowest BCUT2D eigenvalue weighted by Crippen LogP contribution is -2.15. The van der Waals surface area contributed by atoms with Crippen LogP contribution in [0.3, 0.4) is 0 Å². The molecule has 0 unspecified atom stereocenters. The molecule has 18 heavy (non-hydrogen) atoms. The second kappa shape index (κ2) is 5.09. The first-order valence-corrected chi connectivity index (χ1v) is 5.84. The van der Waals surface area contributed by atoms with E-state index in [0.717, 1.165) is 0 Å². The molecule has 0 aliphatic carbocycles. The molecule has 0 fully saturated rings. The summed E-state index contributed by atoms with van der Waals surface area (Å²) in [6.07, 6.45) is 3.30. The Bertz CT molecular complexity index is 594. The number of nitrogens with two attached hydrogens (primary N) is 1. The van der Waals surface area contributed by atoms with Crippen LogP contribution in [0.1, 0.15) is 5.56 Å². The second-order valence-corrected chi connectivity index (χ2v) is 4.40. The highest BCUT2D eigenvalue weighted by atomic mass is 79.9. The number of hydrogen-bond donors (Lipinski definition) is 2. The Kier molecular flexibility index (Phi) is 3.52. The number of oxime groups is 1. The summed E-state index contributed by atoms with van der Waals surface area (Å²) in [5.41, 5.74) is 6.11. The molecule has 7 heteroatoms. The number of rotatable bonds is 3. The van der Waals surface area contributed by atoms with Crippen molar-refractivity contribution in [1.29, 1.82) is 0 Å². The van der Waals surface area contributed by atoms with Crippen molar-refractivity contribution in [3.63, 3.8) is 0 Å². The first-order valence-electron chi connectivity index (χ1n) is 5.04. The molecule has 2 rings (SSSR count). The Morgan fingerprint density at radius 2 is 2.33 bits per heavy atom. The van der Waals surface area contributed by atoms with Gasteiger partial charge in [0, 0.05) is 11.5 Å². The lowest BCUT2D eigenvalue weighted by atomic mass is 10.2. The number of aromatic nitrogens is 2. The number of amidine groups is 1. The van der Waals surface area contributed by atoms with E-state index in [-0.39, 0.29) is 5.84 Å². The van der Waals surface area contributed by atoms with Crippen LogP contribution in [0, 0.1) is 0 Å². The van der Waals surface area contributed by atoms with Gasteiger partial charge in [0.05, 0.1) is 18.0 Å².